The number of hydrogen-bond acceptors (Lipinski definition) is 8. The minimum Gasteiger partial charge on any atom is -0.388 e. The van der Waals surface area contributed by atoms with Crippen LogP contribution in [-0.2, 0) is 22.7 Å². The number of aliphatic hydroxyl groups excluding tert-OH is 1. The van der Waals surface area contributed by atoms with Gasteiger partial charge in [-0.1, -0.05) is 6.92 Å². The van der Waals surface area contributed by atoms with Gasteiger partial charge in [-0.25, -0.2) is 19.3 Å². The number of hydrogen-bond donors (Lipinski definition) is 2. The highest BCUT2D eigenvalue weighted by Crippen LogP contribution is 2.59. The molecule has 1 aliphatic heterocycles. The number of Topliss-reactive ketones (excluding diaryl/α,β-unsaturated/α-hetero) is 1. The van der Waals surface area contributed by atoms with Gasteiger partial charge >= 0.3 is 0 Å². The number of pyridine rings is 1. The van der Waals surface area contributed by atoms with Crippen LogP contribution in [0.4, 0.5) is 10.2 Å². The maximum atomic E-state index is 13.9. The molecule has 2 aliphatic rings. The summed E-state index contributed by atoms with van der Waals surface area (Å²) in [6.07, 6.45) is 4.46. The van der Waals surface area contributed by atoms with E-state index in [1.165, 1.54) is 17.7 Å². The molecular formula is C29H27BrFN7O4. The van der Waals surface area contributed by atoms with Crippen molar-refractivity contribution in [3.63, 3.8) is 0 Å². The molecule has 1 aromatic carbocycles. The molecule has 4 heterocycles. The first-order valence-electron chi connectivity index (χ1n) is 13.4. The smallest absolute Gasteiger partial charge is 0.248 e. The fourth-order valence-corrected chi connectivity index (χ4v) is 6.37. The van der Waals surface area contributed by atoms with Gasteiger partial charge in [-0.05, 0) is 64.4 Å². The molecule has 216 valence electrons. The molecule has 2 N–H and O–H groups in total. The van der Waals surface area contributed by atoms with Crippen LogP contribution in [0.5, 0.6) is 0 Å². The highest BCUT2D eigenvalue weighted by molar-refractivity contribution is 9.10. The van der Waals surface area contributed by atoms with Crippen molar-refractivity contribution in [1.82, 2.24) is 29.6 Å². The van der Waals surface area contributed by atoms with E-state index < -0.39 is 17.8 Å². The summed E-state index contributed by atoms with van der Waals surface area (Å²) in [5, 5.41) is 17.0. The molecule has 3 atom stereocenters. The molecule has 3 aromatic heterocycles. The molecule has 11 nitrogen and oxygen atoms in total. The zero-order valence-electron chi connectivity index (χ0n) is 23.1. The van der Waals surface area contributed by atoms with E-state index in [0.29, 0.717) is 28.7 Å². The van der Waals surface area contributed by atoms with E-state index in [0.717, 1.165) is 23.6 Å². The number of nitrogens with one attached hydrogen (secondary N) is 1. The molecule has 6 rings (SSSR count). The maximum Gasteiger partial charge on any atom is 0.248 e. The fourth-order valence-electron chi connectivity index (χ4n) is 5.96. The third-order valence-electron chi connectivity index (χ3n) is 8.07. The van der Waals surface area contributed by atoms with Gasteiger partial charge in [0.25, 0.3) is 0 Å². The number of amides is 2. The Morgan fingerprint density at radius 2 is 1.88 bits per heavy atom. The summed E-state index contributed by atoms with van der Waals surface area (Å²) in [4.78, 5) is 53.8. The normalized spacial score (nSPS) is 21.0. The molecule has 1 saturated heterocycles. The summed E-state index contributed by atoms with van der Waals surface area (Å²) in [6, 6.07) is 5.17. The van der Waals surface area contributed by atoms with Crippen molar-refractivity contribution in [3.05, 3.63) is 64.2 Å². The minimum atomic E-state index is -0.756. The quantitative estimate of drug-likeness (QED) is 0.230. The third-order valence-corrected chi connectivity index (χ3v) is 8.48. The first-order chi connectivity index (χ1) is 20.0. The summed E-state index contributed by atoms with van der Waals surface area (Å²) < 4.78 is 15.6. The van der Waals surface area contributed by atoms with Gasteiger partial charge in [-0.3, -0.25) is 19.1 Å². The average molecular weight is 636 g/mol. The Morgan fingerprint density at radius 1 is 1.14 bits per heavy atom. The number of rotatable bonds is 7. The second-order valence-electron chi connectivity index (χ2n) is 11.2. The van der Waals surface area contributed by atoms with Crippen LogP contribution < -0.4 is 5.32 Å². The summed E-state index contributed by atoms with van der Waals surface area (Å²) in [6.45, 7) is 4.90. The first-order valence-corrected chi connectivity index (χ1v) is 14.2. The van der Waals surface area contributed by atoms with Crippen LogP contribution in [0.1, 0.15) is 48.6 Å². The topological polar surface area (TPSA) is 143 Å². The van der Waals surface area contributed by atoms with Crippen LogP contribution in [0.25, 0.3) is 22.0 Å². The van der Waals surface area contributed by atoms with Crippen LogP contribution in [0.15, 0.2) is 41.3 Å². The molecule has 4 aromatic rings. The van der Waals surface area contributed by atoms with Crippen molar-refractivity contribution in [2.24, 2.45) is 5.41 Å². The van der Waals surface area contributed by atoms with Crippen LogP contribution in [0, 0.1) is 18.2 Å². The van der Waals surface area contributed by atoms with E-state index in [-0.39, 0.29) is 52.4 Å². The number of likely N-dealkylation sites (tertiary alicyclic amines) is 1. The van der Waals surface area contributed by atoms with Crippen LogP contribution >= 0.6 is 15.9 Å². The van der Waals surface area contributed by atoms with Gasteiger partial charge in [-0.2, -0.15) is 5.10 Å². The molecule has 2 fully saturated rings. The second-order valence-corrected chi connectivity index (χ2v) is 12.0. The van der Waals surface area contributed by atoms with Crippen LogP contribution in [-0.4, -0.2) is 64.4 Å². The number of aliphatic hydroxyl groups is 1. The van der Waals surface area contributed by atoms with Gasteiger partial charge < -0.3 is 15.3 Å². The molecule has 0 radical (unpaired) electrons. The number of aromatic nitrogens is 5. The number of piperidine rings is 1. The van der Waals surface area contributed by atoms with Crippen molar-refractivity contribution in [2.75, 3.05) is 5.32 Å². The largest absolute Gasteiger partial charge is 0.388 e. The van der Waals surface area contributed by atoms with E-state index in [2.05, 4.69) is 41.3 Å². The van der Waals surface area contributed by atoms with E-state index >= 15 is 0 Å². The molecular weight excluding hydrogens is 609 g/mol. The van der Waals surface area contributed by atoms with Crippen LogP contribution in [0.3, 0.4) is 0 Å². The summed E-state index contributed by atoms with van der Waals surface area (Å²) in [5.74, 6) is -1.19. The third kappa shape index (κ3) is 4.96. The number of benzene rings is 1. The van der Waals surface area contributed by atoms with Crippen molar-refractivity contribution < 1.29 is 23.9 Å². The molecule has 2 amide bonds. The number of ketones is 1. The number of aryl methyl sites for hydroxylation is 1. The van der Waals surface area contributed by atoms with E-state index in [4.69, 9.17) is 0 Å². The first kappa shape index (κ1) is 28.0. The molecule has 0 spiro atoms. The molecule has 0 unspecified atom stereocenters. The Morgan fingerprint density at radius 3 is 2.55 bits per heavy atom. The second kappa shape index (κ2) is 10.3. The summed E-state index contributed by atoms with van der Waals surface area (Å²) in [5.41, 5.74) is 2.94. The van der Waals surface area contributed by atoms with Crippen molar-refractivity contribution >= 4 is 50.2 Å². The van der Waals surface area contributed by atoms with Gasteiger partial charge in [0.2, 0.25) is 11.8 Å². The lowest BCUT2D eigenvalue weighted by Crippen LogP contribution is -2.46. The predicted octanol–water partition coefficient (Wildman–Crippen LogP) is 3.81. The number of fused-ring (bicyclic) bond motifs is 2. The Hall–Kier alpha value is -4.10. The Labute approximate surface area is 248 Å². The summed E-state index contributed by atoms with van der Waals surface area (Å²) in [7, 11) is 0. The number of carbonyl (C=O) groups excluding carboxylic acids is 3. The van der Waals surface area contributed by atoms with Gasteiger partial charge in [0.05, 0.1) is 5.52 Å². The molecule has 13 heteroatoms. The van der Waals surface area contributed by atoms with Gasteiger partial charge in [-0.15, -0.1) is 0 Å². The zero-order valence-corrected chi connectivity index (χ0v) is 24.6. The molecule has 1 aliphatic carbocycles. The Balaban J connectivity index is 1.31. The standard InChI is InChI=1S/C29H27BrFN7O4/c1-14-4-16(17-10-32-24(13-39)33-11-17)5-19-26(15(2)40)36-37(27(14)19)12-25(41)38-20(8-29(3)9-21(29)38)28(42)35-23-7-18(31)6-22(30)34-23/h4-7,10-11,20-21,39H,8-9,12-13H2,1-3H3,(H,34,35,42)/t20-,21+,29-/m0/s1. The maximum absolute atomic E-state index is 13.9. The van der Waals surface area contributed by atoms with Gasteiger partial charge in [0.15, 0.2) is 11.6 Å². The van der Waals surface area contributed by atoms with Crippen molar-refractivity contribution in [3.8, 4) is 11.1 Å². The fraction of sp³-hybridized carbons (Fsp3) is 0.345. The van der Waals surface area contributed by atoms with Crippen molar-refractivity contribution in [2.45, 2.75) is 58.8 Å². The molecule has 0 bridgehead atoms. The highest BCUT2D eigenvalue weighted by atomic mass is 79.9. The zero-order chi connectivity index (χ0) is 29.9. The number of carbonyl (C=O) groups is 3. The molecule has 1 saturated carbocycles. The monoisotopic (exact) mass is 635 g/mol. The van der Waals surface area contributed by atoms with Crippen LogP contribution in [0.2, 0.25) is 0 Å². The highest BCUT2D eigenvalue weighted by Gasteiger charge is 2.64. The van der Waals surface area contributed by atoms with Crippen molar-refractivity contribution in [1.29, 1.82) is 0 Å². The number of nitrogens with zero attached hydrogens (tertiary/aromatic N) is 6. The predicted molar refractivity (Wildman–Crippen MR) is 154 cm³/mol. The minimum absolute atomic E-state index is 0.0528. The lowest BCUT2D eigenvalue weighted by molar-refractivity contribution is -0.138. The molecule has 42 heavy (non-hydrogen) atoms. The average Bonchev–Trinajstić information content (AvgIpc) is 3.28. The lowest BCUT2D eigenvalue weighted by atomic mass is 10.0. The number of anilines is 1. The van der Waals surface area contributed by atoms with E-state index in [9.17, 15) is 23.9 Å². The Bertz CT molecular complexity index is 1760. The van der Waals surface area contributed by atoms with Gasteiger partial charge in [0.1, 0.15) is 41.1 Å². The summed E-state index contributed by atoms with van der Waals surface area (Å²) >= 11 is 3.13. The SMILES string of the molecule is CC(=O)c1nn(CC(=O)N2[C@H](C(=O)Nc3cc(F)cc(Br)n3)C[C@@]3(C)C[C@@H]23)c2c(C)cc(-c3cnc(CO)nc3)cc12. The Kier molecular flexibility index (Phi) is 6.89. The lowest BCUT2D eigenvalue weighted by Gasteiger charge is -2.27. The number of halogens is 2. The van der Waals surface area contributed by atoms with Gasteiger partial charge in [0, 0.05) is 48.4 Å². The van der Waals surface area contributed by atoms with E-state index in [1.54, 1.807) is 17.3 Å². The van der Waals surface area contributed by atoms with E-state index in [1.807, 2.05) is 26.0 Å².